The first-order chi connectivity index (χ1) is 16.6. The topological polar surface area (TPSA) is 89.0 Å². The number of nitrogens with one attached hydrogen (secondary N) is 1. The highest BCUT2D eigenvalue weighted by Crippen LogP contribution is 2.33. The Hall–Kier alpha value is -2.65. The highest BCUT2D eigenvalue weighted by Gasteiger charge is 2.24. The Kier molecular flexibility index (Phi) is 7.01. The van der Waals surface area contributed by atoms with Gasteiger partial charge in [0.05, 0.1) is 35.6 Å². The summed E-state index contributed by atoms with van der Waals surface area (Å²) in [7, 11) is 1.62. The van der Waals surface area contributed by atoms with Gasteiger partial charge in [-0.25, -0.2) is 0 Å². The van der Waals surface area contributed by atoms with Gasteiger partial charge in [-0.05, 0) is 44.1 Å². The number of aromatic nitrogens is 2. The number of rotatable bonds is 7. The summed E-state index contributed by atoms with van der Waals surface area (Å²) in [5, 5.41) is 16.0. The van der Waals surface area contributed by atoms with E-state index in [4.69, 9.17) is 25.8 Å². The number of fused-ring (bicyclic) bond motifs is 2. The summed E-state index contributed by atoms with van der Waals surface area (Å²) in [4.78, 5) is 11.1. The molecule has 2 aliphatic rings. The lowest BCUT2D eigenvalue weighted by molar-refractivity contribution is 0.0949. The molecule has 180 valence electrons. The average Bonchev–Trinajstić information content (AvgIpc) is 2.87. The first-order valence-electron chi connectivity index (χ1n) is 11.6. The Bertz CT molecular complexity index is 1150. The highest BCUT2D eigenvalue weighted by atomic mass is 35.5. The van der Waals surface area contributed by atoms with Gasteiger partial charge in [0.1, 0.15) is 19.0 Å². The summed E-state index contributed by atoms with van der Waals surface area (Å²) in [6, 6.07) is 7.98. The molecule has 9 heteroatoms. The van der Waals surface area contributed by atoms with Crippen molar-refractivity contribution in [1.82, 2.24) is 20.2 Å². The van der Waals surface area contributed by atoms with Crippen LogP contribution in [0.5, 0.6) is 17.2 Å². The number of aliphatic hydroxyl groups is 1. The maximum absolute atomic E-state index is 11.1. The Morgan fingerprint density at radius 3 is 2.74 bits per heavy atom. The smallest absolute Gasteiger partial charge is 0.179 e. The Balaban J connectivity index is 1.16. The third-order valence-electron chi connectivity index (χ3n) is 6.48. The third kappa shape index (κ3) is 5.05. The molecule has 1 saturated heterocycles. The van der Waals surface area contributed by atoms with E-state index >= 15 is 0 Å². The van der Waals surface area contributed by atoms with Crippen LogP contribution < -0.4 is 19.5 Å². The van der Waals surface area contributed by atoms with Crippen LogP contribution in [0, 0.1) is 0 Å². The van der Waals surface area contributed by atoms with Gasteiger partial charge in [0, 0.05) is 42.3 Å². The van der Waals surface area contributed by atoms with Crippen molar-refractivity contribution in [2.24, 2.45) is 0 Å². The summed E-state index contributed by atoms with van der Waals surface area (Å²) >= 11 is 6.46. The number of piperidine rings is 1. The second-order valence-corrected chi connectivity index (χ2v) is 9.10. The van der Waals surface area contributed by atoms with Crippen LogP contribution in [0.3, 0.4) is 0 Å². The van der Waals surface area contributed by atoms with Crippen molar-refractivity contribution in [2.45, 2.75) is 31.5 Å². The molecule has 4 heterocycles. The van der Waals surface area contributed by atoms with Crippen molar-refractivity contribution in [3.63, 3.8) is 0 Å². The molecule has 1 aromatic carbocycles. The molecule has 1 atom stereocenters. The number of likely N-dealkylation sites (tertiary alicyclic amines) is 1. The van der Waals surface area contributed by atoms with Crippen LogP contribution >= 0.6 is 11.6 Å². The molecule has 0 radical (unpaired) electrons. The Labute approximate surface area is 203 Å². The maximum Gasteiger partial charge on any atom is 0.179 e. The number of aliphatic hydroxyl groups excluding tert-OH is 1. The van der Waals surface area contributed by atoms with E-state index in [-0.39, 0.29) is 0 Å². The van der Waals surface area contributed by atoms with Gasteiger partial charge >= 0.3 is 0 Å². The first-order valence-corrected chi connectivity index (χ1v) is 12.0. The molecule has 0 aliphatic carbocycles. The fourth-order valence-electron chi connectivity index (χ4n) is 4.62. The molecule has 0 spiro atoms. The molecule has 1 fully saturated rings. The third-order valence-corrected chi connectivity index (χ3v) is 6.78. The second kappa shape index (κ2) is 10.3. The summed E-state index contributed by atoms with van der Waals surface area (Å²) in [5.74, 6) is 2.19. The summed E-state index contributed by atoms with van der Waals surface area (Å²) in [6.07, 6.45) is 4.62. The van der Waals surface area contributed by atoms with E-state index in [9.17, 15) is 5.11 Å². The van der Waals surface area contributed by atoms with Gasteiger partial charge in [0.2, 0.25) is 0 Å². The van der Waals surface area contributed by atoms with Crippen molar-refractivity contribution in [2.75, 3.05) is 40.0 Å². The molecule has 3 aromatic rings. The molecule has 5 rings (SSSR count). The van der Waals surface area contributed by atoms with Crippen LogP contribution in [0.1, 0.15) is 30.2 Å². The predicted molar refractivity (Wildman–Crippen MR) is 130 cm³/mol. The van der Waals surface area contributed by atoms with E-state index in [0.29, 0.717) is 54.4 Å². The fraction of sp³-hybridized carbons (Fsp3) is 0.440. The quantitative estimate of drug-likeness (QED) is 0.528. The van der Waals surface area contributed by atoms with Crippen LogP contribution in [0.15, 0.2) is 36.7 Å². The minimum absolute atomic E-state index is 0.401. The number of halogens is 1. The molecule has 2 aromatic heterocycles. The predicted octanol–water partition coefficient (Wildman–Crippen LogP) is 3.35. The molecule has 2 aliphatic heterocycles. The standard InChI is InChI=1S/C25H29ClN4O4/c1-32-18-2-3-21-19(11-18)25(20(26)13-29-21)22(31)15-30-6-4-16(5-7-30)27-12-17-10-23-24(14-28-17)34-9-8-33-23/h2-3,10-11,13-14,16,22,27,31H,4-9,12,15H2,1H3/t22-/m1/s1. The molecule has 0 bridgehead atoms. The zero-order chi connectivity index (χ0) is 23.5. The monoisotopic (exact) mass is 484 g/mol. The molecular weight excluding hydrogens is 456 g/mol. The summed E-state index contributed by atoms with van der Waals surface area (Å²) < 4.78 is 16.5. The van der Waals surface area contributed by atoms with Crippen molar-refractivity contribution in [3.8, 4) is 17.2 Å². The Morgan fingerprint density at radius 2 is 1.94 bits per heavy atom. The van der Waals surface area contributed by atoms with Crippen LogP contribution in [-0.4, -0.2) is 66.0 Å². The minimum Gasteiger partial charge on any atom is -0.497 e. The lowest BCUT2D eigenvalue weighted by Crippen LogP contribution is -2.43. The van der Waals surface area contributed by atoms with Gasteiger partial charge in [-0.3, -0.25) is 9.97 Å². The van der Waals surface area contributed by atoms with Crippen LogP contribution in [0.25, 0.3) is 10.9 Å². The first kappa shape index (κ1) is 23.1. The van der Waals surface area contributed by atoms with E-state index in [0.717, 1.165) is 48.3 Å². The molecule has 0 unspecified atom stereocenters. The molecule has 34 heavy (non-hydrogen) atoms. The number of methoxy groups -OCH3 is 1. The number of nitrogens with zero attached hydrogens (tertiary/aromatic N) is 3. The number of β-amino-alcohol motifs (C(OH)–C–C–N with tert-alkyl or cyclic N) is 1. The van der Waals surface area contributed by atoms with Gasteiger partial charge in [-0.1, -0.05) is 11.6 Å². The van der Waals surface area contributed by atoms with Crippen molar-refractivity contribution < 1.29 is 19.3 Å². The normalized spacial score (nSPS) is 17.6. The minimum atomic E-state index is -0.712. The van der Waals surface area contributed by atoms with Gasteiger partial charge in [0.25, 0.3) is 0 Å². The number of hydrogen-bond acceptors (Lipinski definition) is 8. The van der Waals surface area contributed by atoms with E-state index < -0.39 is 6.10 Å². The second-order valence-electron chi connectivity index (χ2n) is 8.69. The largest absolute Gasteiger partial charge is 0.497 e. The molecule has 2 N–H and O–H groups in total. The van der Waals surface area contributed by atoms with Gasteiger partial charge < -0.3 is 29.5 Å². The lowest BCUT2D eigenvalue weighted by Gasteiger charge is -2.34. The number of benzene rings is 1. The zero-order valence-electron chi connectivity index (χ0n) is 19.2. The van der Waals surface area contributed by atoms with Crippen molar-refractivity contribution in [3.05, 3.63) is 52.9 Å². The van der Waals surface area contributed by atoms with Crippen LogP contribution in [-0.2, 0) is 6.54 Å². The van der Waals surface area contributed by atoms with Crippen molar-refractivity contribution >= 4 is 22.5 Å². The molecule has 0 amide bonds. The fourth-order valence-corrected chi connectivity index (χ4v) is 4.90. The molecule has 0 saturated carbocycles. The Morgan fingerprint density at radius 1 is 1.15 bits per heavy atom. The highest BCUT2D eigenvalue weighted by molar-refractivity contribution is 6.32. The van der Waals surface area contributed by atoms with Gasteiger partial charge in [-0.15, -0.1) is 0 Å². The van der Waals surface area contributed by atoms with E-state index in [2.05, 4.69) is 20.2 Å². The zero-order valence-corrected chi connectivity index (χ0v) is 19.9. The van der Waals surface area contributed by atoms with Crippen LogP contribution in [0.4, 0.5) is 0 Å². The van der Waals surface area contributed by atoms with Crippen molar-refractivity contribution in [1.29, 1.82) is 0 Å². The van der Waals surface area contributed by atoms with E-state index in [1.165, 1.54) is 0 Å². The molecular formula is C25H29ClN4O4. The van der Waals surface area contributed by atoms with Crippen LogP contribution in [0.2, 0.25) is 5.02 Å². The number of ether oxygens (including phenoxy) is 3. The van der Waals surface area contributed by atoms with E-state index in [1.807, 2.05) is 24.3 Å². The SMILES string of the molecule is COc1ccc2ncc(Cl)c([C@H](O)CN3CCC(NCc4cc5c(cn4)OCCO5)CC3)c2c1. The maximum atomic E-state index is 11.1. The lowest BCUT2D eigenvalue weighted by atomic mass is 10.0. The summed E-state index contributed by atoms with van der Waals surface area (Å²) in [6.45, 7) is 4.14. The summed E-state index contributed by atoms with van der Waals surface area (Å²) in [5.41, 5.74) is 2.43. The van der Waals surface area contributed by atoms with Gasteiger partial charge in [0.15, 0.2) is 11.5 Å². The number of hydrogen-bond donors (Lipinski definition) is 2. The van der Waals surface area contributed by atoms with Gasteiger partial charge in [-0.2, -0.15) is 0 Å². The average molecular weight is 485 g/mol. The molecule has 8 nitrogen and oxygen atoms in total. The number of pyridine rings is 2. The van der Waals surface area contributed by atoms with E-state index in [1.54, 1.807) is 19.5 Å².